The Labute approximate surface area is 156 Å². The van der Waals surface area contributed by atoms with Crippen LogP contribution in [0.2, 0.25) is 0 Å². The number of hydrogen-bond donors (Lipinski definition) is 1. The summed E-state index contributed by atoms with van der Waals surface area (Å²) in [5.74, 6) is 0.100. The zero-order valence-electron chi connectivity index (χ0n) is 15.7. The molecule has 1 aliphatic carbocycles. The average molecular weight is 351 g/mol. The molecule has 2 heterocycles. The first-order valence-electron chi connectivity index (χ1n) is 9.95. The molecule has 0 saturated heterocycles. The first kappa shape index (κ1) is 17.3. The van der Waals surface area contributed by atoms with Crippen LogP contribution >= 0.6 is 0 Å². The van der Waals surface area contributed by atoms with Crippen LogP contribution < -0.4 is 5.32 Å². The van der Waals surface area contributed by atoms with E-state index in [-0.39, 0.29) is 5.91 Å². The predicted molar refractivity (Wildman–Crippen MR) is 104 cm³/mol. The first-order valence-corrected chi connectivity index (χ1v) is 9.95. The standard InChI is InChI=1S/C22H29N3O/c1-24-20-12-13-25(15-17-8-4-2-5-9-17)16-18(20)14-21(24)22(26)23-19-10-6-3-7-11-19/h2,4-5,8-9,14,19H,3,6-7,10-13,15-16H2,1H3,(H,23,26). The third kappa shape index (κ3) is 3.70. The van der Waals surface area contributed by atoms with Gasteiger partial charge in [-0.2, -0.15) is 0 Å². The Bertz CT molecular complexity index is 759. The molecule has 1 saturated carbocycles. The van der Waals surface area contributed by atoms with Crippen molar-refractivity contribution in [3.8, 4) is 0 Å². The first-order chi connectivity index (χ1) is 12.7. The molecule has 2 aromatic rings. The van der Waals surface area contributed by atoms with Crippen molar-refractivity contribution in [1.82, 2.24) is 14.8 Å². The molecule has 1 amide bonds. The Balaban J connectivity index is 1.44. The Hall–Kier alpha value is -2.07. The number of carbonyl (C=O) groups is 1. The molecule has 1 aromatic heterocycles. The summed E-state index contributed by atoms with van der Waals surface area (Å²) in [5.41, 5.74) is 4.80. The van der Waals surface area contributed by atoms with Gasteiger partial charge in [0.2, 0.25) is 0 Å². The van der Waals surface area contributed by atoms with Crippen LogP contribution in [0, 0.1) is 0 Å². The van der Waals surface area contributed by atoms with Crippen molar-refractivity contribution in [1.29, 1.82) is 0 Å². The van der Waals surface area contributed by atoms with Crippen LogP contribution in [0.1, 0.15) is 59.4 Å². The van der Waals surface area contributed by atoms with E-state index >= 15 is 0 Å². The molecule has 0 spiro atoms. The Morgan fingerprint density at radius 3 is 2.69 bits per heavy atom. The number of benzene rings is 1. The molecule has 4 heteroatoms. The van der Waals surface area contributed by atoms with Gasteiger partial charge in [-0.1, -0.05) is 49.6 Å². The monoisotopic (exact) mass is 351 g/mol. The van der Waals surface area contributed by atoms with E-state index in [1.54, 1.807) is 0 Å². The quantitative estimate of drug-likeness (QED) is 0.913. The van der Waals surface area contributed by atoms with Crippen LogP contribution in [0.3, 0.4) is 0 Å². The SMILES string of the molecule is Cn1c(C(=O)NC2CCCCC2)cc2c1CCN(Cc1ccccc1)C2. The molecule has 1 N–H and O–H groups in total. The number of carbonyl (C=O) groups excluding carboxylic acids is 1. The molecule has 138 valence electrons. The van der Waals surface area contributed by atoms with Gasteiger partial charge in [0.1, 0.15) is 5.69 Å². The van der Waals surface area contributed by atoms with Gasteiger partial charge < -0.3 is 9.88 Å². The lowest BCUT2D eigenvalue weighted by Gasteiger charge is -2.27. The number of hydrogen-bond acceptors (Lipinski definition) is 2. The third-order valence-corrected chi connectivity index (χ3v) is 5.93. The normalized spacial score (nSPS) is 18.5. The summed E-state index contributed by atoms with van der Waals surface area (Å²) < 4.78 is 2.12. The van der Waals surface area contributed by atoms with E-state index in [9.17, 15) is 4.79 Å². The van der Waals surface area contributed by atoms with Gasteiger partial charge in [0, 0.05) is 44.8 Å². The van der Waals surface area contributed by atoms with Crippen LogP contribution in [0.25, 0.3) is 0 Å². The Kier molecular flexibility index (Phi) is 5.11. The highest BCUT2D eigenvalue weighted by molar-refractivity contribution is 5.93. The molecule has 0 radical (unpaired) electrons. The molecule has 0 unspecified atom stereocenters. The maximum atomic E-state index is 12.8. The van der Waals surface area contributed by atoms with Crippen LogP contribution in [0.15, 0.2) is 36.4 Å². The third-order valence-electron chi connectivity index (χ3n) is 5.93. The van der Waals surface area contributed by atoms with Crippen LogP contribution in [0.5, 0.6) is 0 Å². The molecule has 1 fully saturated rings. The molecule has 0 bridgehead atoms. The maximum absolute atomic E-state index is 12.8. The van der Waals surface area contributed by atoms with Crippen molar-refractivity contribution >= 4 is 5.91 Å². The van der Waals surface area contributed by atoms with Crippen molar-refractivity contribution < 1.29 is 4.79 Å². The van der Waals surface area contributed by atoms with Gasteiger partial charge in [0.25, 0.3) is 5.91 Å². The Morgan fingerprint density at radius 2 is 1.92 bits per heavy atom. The number of aromatic nitrogens is 1. The second-order valence-corrected chi connectivity index (χ2v) is 7.82. The minimum Gasteiger partial charge on any atom is -0.348 e. The van der Waals surface area contributed by atoms with Gasteiger partial charge in [-0.15, -0.1) is 0 Å². The fourth-order valence-corrected chi connectivity index (χ4v) is 4.46. The number of rotatable bonds is 4. The lowest BCUT2D eigenvalue weighted by Crippen LogP contribution is -2.37. The van der Waals surface area contributed by atoms with Crippen molar-refractivity contribution in [3.63, 3.8) is 0 Å². The second-order valence-electron chi connectivity index (χ2n) is 7.82. The van der Waals surface area contributed by atoms with Crippen LogP contribution in [-0.4, -0.2) is 28.0 Å². The second kappa shape index (κ2) is 7.67. The number of amides is 1. The molecule has 4 nitrogen and oxygen atoms in total. The molecule has 4 rings (SSSR count). The summed E-state index contributed by atoms with van der Waals surface area (Å²) in [6.45, 7) is 2.94. The lowest BCUT2D eigenvalue weighted by molar-refractivity contribution is 0.0919. The minimum atomic E-state index is 0.100. The van der Waals surface area contributed by atoms with E-state index in [2.05, 4.69) is 51.2 Å². The molecule has 2 aliphatic rings. The summed E-state index contributed by atoms with van der Waals surface area (Å²) >= 11 is 0. The highest BCUT2D eigenvalue weighted by Gasteiger charge is 2.25. The van der Waals surface area contributed by atoms with Gasteiger partial charge in [-0.3, -0.25) is 9.69 Å². The summed E-state index contributed by atoms with van der Waals surface area (Å²) in [5, 5.41) is 3.26. The van der Waals surface area contributed by atoms with Crippen molar-refractivity contribution in [3.05, 3.63) is 58.9 Å². The fraction of sp³-hybridized carbons (Fsp3) is 0.500. The molecule has 1 aliphatic heterocycles. The lowest BCUT2D eigenvalue weighted by atomic mass is 9.95. The highest BCUT2D eigenvalue weighted by Crippen LogP contribution is 2.24. The largest absolute Gasteiger partial charge is 0.348 e. The summed E-state index contributed by atoms with van der Waals surface area (Å²) in [7, 11) is 2.04. The van der Waals surface area contributed by atoms with Gasteiger partial charge in [0.15, 0.2) is 0 Å². The molecule has 26 heavy (non-hydrogen) atoms. The molecular formula is C22H29N3O. The van der Waals surface area contributed by atoms with E-state index in [1.165, 1.54) is 36.1 Å². The van der Waals surface area contributed by atoms with E-state index in [1.807, 2.05) is 7.05 Å². The molecule has 0 atom stereocenters. The summed E-state index contributed by atoms with van der Waals surface area (Å²) in [6, 6.07) is 13.1. The smallest absolute Gasteiger partial charge is 0.268 e. The van der Waals surface area contributed by atoms with Crippen molar-refractivity contribution in [2.75, 3.05) is 6.54 Å². The summed E-state index contributed by atoms with van der Waals surface area (Å²) in [6.07, 6.45) is 7.05. The highest BCUT2D eigenvalue weighted by atomic mass is 16.2. The van der Waals surface area contributed by atoms with Gasteiger partial charge in [-0.05, 0) is 30.0 Å². The topological polar surface area (TPSA) is 37.3 Å². The number of nitrogens with one attached hydrogen (secondary N) is 1. The van der Waals surface area contributed by atoms with Crippen LogP contribution in [0.4, 0.5) is 0 Å². The number of fused-ring (bicyclic) bond motifs is 1. The predicted octanol–water partition coefficient (Wildman–Crippen LogP) is 3.65. The van der Waals surface area contributed by atoms with Gasteiger partial charge >= 0.3 is 0 Å². The molecule has 1 aromatic carbocycles. The van der Waals surface area contributed by atoms with E-state index in [4.69, 9.17) is 0 Å². The maximum Gasteiger partial charge on any atom is 0.268 e. The van der Waals surface area contributed by atoms with Crippen molar-refractivity contribution in [2.24, 2.45) is 7.05 Å². The van der Waals surface area contributed by atoms with Gasteiger partial charge in [-0.25, -0.2) is 0 Å². The van der Waals surface area contributed by atoms with Gasteiger partial charge in [0.05, 0.1) is 0 Å². The number of nitrogens with zero attached hydrogens (tertiary/aromatic N) is 2. The molecular weight excluding hydrogens is 322 g/mol. The van der Waals surface area contributed by atoms with E-state index in [0.29, 0.717) is 6.04 Å². The van der Waals surface area contributed by atoms with Crippen molar-refractivity contribution in [2.45, 2.75) is 57.7 Å². The Morgan fingerprint density at radius 1 is 1.15 bits per heavy atom. The zero-order chi connectivity index (χ0) is 17.9. The van der Waals surface area contributed by atoms with E-state index in [0.717, 1.165) is 44.6 Å². The minimum absolute atomic E-state index is 0.100. The van der Waals surface area contributed by atoms with E-state index < -0.39 is 0 Å². The summed E-state index contributed by atoms with van der Waals surface area (Å²) in [4.78, 5) is 15.3. The van der Waals surface area contributed by atoms with Crippen LogP contribution in [-0.2, 0) is 26.6 Å². The zero-order valence-corrected chi connectivity index (χ0v) is 15.7. The fourth-order valence-electron chi connectivity index (χ4n) is 4.46. The average Bonchev–Trinajstić information content (AvgIpc) is 3.00.